The summed E-state index contributed by atoms with van der Waals surface area (Å²) in [4.78, 5) is 32.5. The van der Waals surface area contributed by atoms with Crippen LogP contribution in [-0.4, -0.2) is 82.6 Å². The monoisotopic (exact) mass is 605 g/mol. The van der Waals surface area contributed by atoms with Crippen molar-refractivity contribution in [1.29, 1.82) is 5.26 Å². The van der Waals surface area contributed by atoms with Crippen LogP contribution in [0.15, 0.2) is 48.1 Å². The van der Waals surface area contributed by atoms with E-state index in [9.17, 15) is 14.4 Å². The Kier molecular flexibility index (Phi) is 7.94. The maximum absolute atomic E-state index is 13.8. The number of pyridine rings is 1. The highest BCUT2D eigenvalue weighted by Crippen LogP contribution is 2.38. The number of rotatable bonds is 7. The van der Waals surface area contributed by atoms with E-state index in [4.69, 9.17) is 31.3 Å². The molecule has 0 N–H and O–H groups in total. The van der Waals surface area contributed by atoms with Gasteiger partial charge in [0, 0.05) is 41.3 Å². The van der Waals surface area contributed by atoms with E-state index in [1.54, 1.807) is 11.3 Å². The highest BCUT2D eigenvalue weighted by molar-refractivity contribution is 7.17. The van der Waals surface area contributed by atoms with Crippen LogP contribution in [0.2, 0.25) is 5.02 Å². The van der Waals surface area contributed by atoms with E-state index in [0.717, 1.165) is 35.0 Å². The summed E-state index contributed by atoms with van der Waals surface area (Å²) in [6, 6.07) is 11.9. The molecule has 0 radical (unpaired) electrons. The van der Waals surface area contributed by atoms with Crippen LogP contribution in [0.3, 0.4) is 0 Å². The van der Waals surface area contributed by atoms with Gasteiger partial charge in [-0.05, 0) is 50.0 Å². The molecule has 2 atom stereocenters. The van der Waals surface area contributed by atoms with Crippen LogP contribution in [0.1, 0.15) is 19.3 Å². The van der Waals surface area contributed by atoms with Crippen molar-refractivity contribution in [2.45, 2.75) is 31.3 Å². The maximum atomic E-state index is 13.8. The molecular formula is C30H29ClFN7O2S. The number of nitriles is 1. The molecular weight excluding hydrogens is 577 g/mol. The van der Waals surface area contributed by atoms with Crippen LogP contribution in [0, 0.1) is 11.3 Å². The minimum Gasteiger partial charge on any atom is -0.462 e. The van der Waals surface area contributed by atoms with Crippen LogP contribution in [0.4, 0.5) is 10.2 Å². The number of halogens is 2. The van der Waals surface area contributed by atoms with E-state index < -0.39 is 17.8 Å². The second kappa shape index (κ2) is 11.8. The summed E-state index contributed by atoms with van der Waals surface area (Å²) in [6.07, 6.45) is 2.18. The SMILES string of the molecule is C=C(F)C(=O)N1CCN(c2nc(OCC3CCCN3C)nc3nc(-c4cccc5sccc45)c(Cl)cc23)CC1CC#N. The number of carbonyl (C=O) groups excluding carboxylic acids is 1. The number of thiophene rings is 1. The second-order valence-electron chi connectivity index (χ2n) is 10.6. The van der Waals surface area contributed by atoms with Crippen LogP contribution < -0.4 is 9.64 Å². The van der Waals surface area contributed by atoms with Gasteiger partial charge in [-0.15, -0.1) is 11.3 Å². The number of hydrogen-bond acceptors (Lipinski definition) is 9. The molecule has 0 bridgehead atoms. The Morgan fingerprint density at radius 3 is 2.83 bits per heavy atom. The van der Waals surface area contributed by atoms with Crippen LogP contribution in [0.25, 0.3) is 32.4 Å². The zero-order chi connectivity index (χ0) is 29.4. The van der Waals surface area contributed by atoms with Gasteiger partial charge in [0.1, 0.15) is 12.4 Å². The molecule has 2 fully saturated rings. The summed E-state index contributed by atoms with van der Waals surface area (Å²) in [5.74, 6) is -1.31. The molecule has 2 saturated heterocycles. The van der Waals surface area contributed by atoms with E-state index in [2.05, 4.69) is 36.7 Å². The first-order valence-corrected chi connectivity index (χ1v) is 15.0. The Morgan fingerprint density at radius 2 is 2.07 bits per heavy atom. The third-order valence-corrected chi connectivity index (χ3v) is 9.20. The molecule has 12 heteroatoms. The molecule has 2 aliphatic rings. The number of nitrogens with zero attached hydrogens (tertiary/aromatic N) is 7. The molecule has 9 nitrogen and oxygen atoms in total. The first kappa shape index (κ1) is 28.3. The third kappa shape index (κ3) is 5.38. The van der Waals surface area contributed by atoms with Gasteiger partial charge >= 0.3 is 6.01 Å². The molecule has 5 heterocycles. The summed E-state index contributed by atoms with van der Waals surface area (Å²) >= 11 is 8.53. The highest BCUT2D eigenvalue weighted by Gasteiger charge is 2.33. The molecule has 3 aromatic heterocycles. The van der Waals surface area contributed by atoms with Crippen molar-refractivity contribution >= 4 is 55.8 Å². The van der Waals surface area contributed by atoms with Crippen LogP contribution in [-0.2, 0) is 4.79 Å². The van der Waals surface area contributed by atoms with Crippen LogP contribution >= 0.6 is 22.9 Å². The first-order chi connectivity index (χ1) is 20.3. The molecule has 4 aromatic rings. The first-order valence-electron chi connectivity index (χ1n) is 13.8. The third-order valence-electron chi connectivity index (χ3n) is 8.03. The predicted octanol–water partition coefficient (Wildman–Crippen LogP) is 5.45. The number of likely N-dealkylation sites (tertiary alicyclic amines) is 1. The standard InChI is InChI=1S/C30H29ClFN7O2S/c1-18(32)29(40)39-13-12-38(16-19(39)8-10-33)28-23-15-24(31)26(22-6-3-7-25-21(22)9-14-42-25)34-27(23)35-30(36-28)41-17-20-5-4-11-37(20)2/h3,6-7,9,14-15,19-20H,1,4-5,8,11-13,16-17H2,2H3. The number of anilines is 1. The van der Waals surface area contributed by atoms with Crippen molar-refractivity contribution in [2.75, 3.05) is 44.7 Å². The average molecular weight is 606 g/mol. The number of aromatic nitrogens is 3. The lowest BCUT2D eigenvalue weighted by Crippen LogP contribution is -2.55. The fourth-order valence-corrected chi connectivity index (χ4v) is 6.87. The minimum atomic E-state index is -1.05. The topological polar surface area (TPSA) is 98.5 Å². The largest absolute Gasteiger partial charge is 0.462 e. The lowest BCUT2D eigenvalue weighted by molar-refractivity contribution is -0.131. The number of likely N-dealkylation sites (N-methyl/N-ethyl adjacent to an activating group) is 1. The second-order valence-corrected chi connectivity index (χ2v) is 12.0. The van der Waals surface area contributed by atoms with E-state index in [-0.39, 0.29) is 31.6 Å². The number of ether oxygens (including phenoxy) is 1. The number of piperazine rings is 1. The van der Waals surface area contributed by atoms with Crippen molar-refractivity contribution in [2.24, 2.45) is 0 Å². The number of benzene rings is 1. The van der Waals surface area contributed by atoms with Gasteiger partial charge in [0.2, 0.25) is 0 Å². The van der Waals surface area contributed by atoms with Gasteiger partial charge in [0.25, 0.3) is 5.91 Å². The van der Waals surface area contributed by atoms with Gasteiger partial charge in [-0.1, -0.05) is 30.3 Å². The Balaban J connectivity index is 1.42. The summed E-state index contributed by atoms with van der Waals surface area (Å²) in [6.45, 7) is 5.42. The fourth-order valence-electron chi connectivity index (χ4n) is 5.80. The Labute approximate surface area is 251 Å². The lowest BCUT2D eigenvalue weighted by atomic mass is 10.1. The summed E-state index contributed by atoms with van der Waals surface area (Å²) in [5.41, 5.74) is 1.94. The van der Waals surface area contributed by atoms with E-state index in [1.165, 1.54) is 4.90 Å². The molecule has 216 valence electrons. The Hall–Kier alpha value is -3.85. The van der Waals surface area contributed by atoms with Gasteiger partial charge < -0.3 is 19.4 Å². The van der Waals surface area contributed by atoms with Gasteiger partial charge in [-0.25, -0.2) is 9.37 Å². The summed E-state index contributed by atoms with van der Waals surface area (Å²) < 4.78 is 21.1. The molecule has 0 aliphatic carbocycles. The van der Waals surface area contributed by atoms with Crippen molar-refractivity contribution in [3.63, 3.8) is 0 Å². The predicted molar refractivity (Wildman–Crippen MR) is 163 cm³/mol. The van der Waals surface area contributed by atoms with Gasteiger partial charge in [0.05, 0.1) is 34.6 Å². The number of fused-ring (bicyclic) bond motifs is 2. The molecule has 2 unspecified atom stereocenters. The molecule has 2 aliphatic heterocycles. The highest BCUT2D eigenvalue weighted by atomic mass is 35.5. The molecule has 0 spiro atoms. The zero-order valence-corrected chi connectivity index (χ0v) is 24.7. The van der Waals surface area contributed by atoms with Crippen molar-refractivity contribution in [3.8, 4) is 23.3 Å². The number of hydrogen-bond donors (Lipinski definition) is 0. The van der Waals surface area contributed by atoms with E-state index in [1.807, 2.05) is 28.5 Å². The maximum Gasteiger partial charge on any atom is 0.320 e. The molecule has 6 rings (SSSR count). The zero-order valence-electron chi connectivity index (χ0n) is 23.1. The fraction of sp³-hybridized carbons (Fsp3) is 0.367. The minimum absolute atomic E-state index is 0.0315. The Morgan fingerprint density at radius 1 is 1.21 bits per heavy atom. The number of carbonyl (C=O) groups is 1. The van der Waals surface area contributed by atoms with E-state index in [0.29, 0.717) is 40.7 Å². The van der Waals surface area contributed by atoms with Gasteiger partial charge in [-0.3, -0.25) is 4.79 Å². The van der Waals surface area contributed by atoms with Crippen molar-refractivity contribution in [3.05, 3.63) is 53.1 Å². The molecule has 1 amide bonds. The molecule has 0 saturated carbocycles. The summed E-state index contributed by atoms with van der Waals surface area (Å²) in [5, 5.41) is 13.6. The average Bonchev–Trinajstić information content (AvgIpc) is 3.64. The molecule has 1 aromatic carbocycles. The van der Waals surface area contributed by atoms with Crippen LogP contribution in [0.5, 0.6) is 6.01 Å². The Bertz CT molecular complexity index is 1720. The smallest absolute Gasteiger partial charge is 0.320 e. The number of amides is 1. The van der Waals surface area contributed by atoms with Gasteiger partial charge in [-0.2, -0.15) is 15.2 Å². The lowest BCUT2D eigenvalue weighted by Gasteiger charge is -2.41. The van der Waals surface area contributed by atoms with E-state index >= 15 is 0 Å². The van der Waals surface area contributed by atoms with Crippen molar-refractivity contribution in [1.82, 2.24) is 24.8 Å². The van der Waals surface area contributed by atoms with Crippen molar-refractivity contribution < 1.29 is 13.9 Å². The quantitative estimate of drug-likeness (QED) is 0.257. The normalized spacial score (nSPS) is 19.4. The summed E-state index contributed by atoms with van der Waals surface area (Å²) in [7, 11) is 2.08. The van der Waals surface area contributed by atoms with Gasteiger partial charge in [0.15, 0.2) is 11.5 Å². The molecule has 42 heavy (non-hydrogen) atoms.